The summed E-state index contributed by atoms with van der Waals surface area (Å²) in [5.74, 6) is 0. The van der Waals surface area contributed by atoms with Gasteiger partial charge in [-0.3, -0.25) is 0 Å². The van der Waals surface area contributed by atoms with Crippen molar-refractivity contribution >= 4 is 26.0 Å². The van der Waals surface area contributed by atoms with Gasteiger partial charge in [0, 0.05) is 10.5 Å². The molecule has 2 N–H and O–H groups in total. The third-order valence-corrected chi connectivity index (χ3v) is 5.90. The fraction of sp³-hybridized carbons (Fsp3) is 0.538. The number of hydrogen-bond acceptors (Lipinski definition) is 3. The van der Waals surface area contributed by atoms with Crippen LogP contribution in [0.3, 0.4) is 0 Å². The first-order chi connectivity index (χ1) is 8.90. The Hall–Kier alpha value is -0.430. The third kappa shape index (κ3) is 3.56. The molecule has 106 valence electrons. The predicted molar refractivity (Wildman–Crippen MR) is 77.5 cm³/mol. The zero-order valence-corrected chi connectivity index (χ0v) is 13.2. The van der Waals surface area contributed by atoms with Gasteiger partial charge in [0.1, 0.15) is 0 Å². The Morgan fingerprint density at radius 1 is 1.32 bits per heavy atom. The summed E-state index contributed by atoms with van der Waals surface area (Å²) in [4.78, 5) is 0.227. The highest BCUT2D eigenvalue weighted by molar-refractivity contribution is 9.10. The molecule has 2 rings (SSSR count). The van der Waals surface area contributed by atoms with Crippen LogP contribution in [0, 0.1) is 6.92 Å². The van der Waals surface area contributed by atoms with Crippen LogP contribution >= 0.6 is 15.9 Å². The fourth-order valence-corrected chi connectivity index (χ4v) is 4.68. The molecule has 6 heteroatoms. The molecule has 1 aliphatic rings. The fourth-order valence-electron chi connectivity index (χ4n) is 2.33. The number of hydrogen-bond donors (Lipinski definition) is 2. The maximum absolute atomic E-state index is 12.4. The maximum Gasteiger partial charge on any atom is 0.242 e. The van der Waals surface area contributed by atoms with E-state index in [-0.39, 0.29) is 10.9 Å². The van der Waals surface area contributed by atoms with Crippen molar-refractivity contribution in [2.75, 3.05) is 0 Å². The molecule has 0 amide bonds. The smallest absolute Gasteiger partial charge is 0.242 e. The summed E-state index contributed by atoms with van der Waals surface area (Å²) in [6, 6.07) is 4.81. The van der Waals surface area contributed by atoms with Crippen molar-refractivity contribution in [2.45, 2.75) is 49.6 Å². The van der Waals surface area contributed by atoms with Gasteiger partial charge in [-0.2, -0.15) is 0 Å². The van der Waals surface area contributed by atoms with Crippen molar-refractivity contribution in [2.24, 2.45) is 0 Å². The van der Waals surface area contributed by atoms with E-state index in [1.165, 1.54) is 0 Å². The molecule has 0 heterocycles. The van der Waals surface area contributed by atoms with E-state index in [0.29, 0.717) is 17.3 Å². The number of benzene rings is 1. The summed E-state index contributed by atoms with van der Waals surface area (Å²) < 4.78 is 27.9. The number of aliphatic hydroxyl groups excluding tert-OH is 1. The van der Waals surface area contributed by atoms with Crippen LogP contribution in [0.15, 0.2) is 27.6 Å². The first-order valence-corrected chi connectivity index (χ1v) is 8.64. The predicted octanol–water partition coefficient (Wildman–Crippen LogP) is 2.34. The topological polar surface area (TPSA) is 66.4 Å². The van der Waals surface area contributed by atoms with Crippen LogP contribution in [0.2, 0.25) is 0 Å². The average Bonchev–Trinajstić information content (AvgIpc) is 2.35. The van der Waals surface area contributed by atoms with Crippen LogP contribution < -0.4 is 4.72 Å². The van der Waals surface area contributed by atoms with Gasteiger partial charge in [0.25, 0.3) is 0 Å². The molecule has 0 aliphatic heterocycles. The van der Waals surface area contributed by atoms with Crippen molar-refractivity contribution in [1.82, 2.24) is 4.72 Å². The van der Waals surface area contributed by atoms with E-state index in [0.717, 1.165) is 18.4 Å². The van der Waals surface area contributed by atoms with Gasteiger partial charge in [-0.1, -0.05) is 18.9 Å². The summed E-state index contributed by atoms with van der Waals surface area (Å²) in [6.07, 6.45) is 2.64. The molecule has 1 saturated carbocycles. The maximum atomic E-state index is 12.4. The molecule has 1 aromatic carbocycles. The number of rotatable bonds is 3. The molecule has 1 aliphatic carbocycles. The second kappa shape index (κ2) is 5.91. The summed E-state index contributed by atoms with van der Waals surface area (Å²) in [6.45, 7) is 1.85. The molecule has 19 heavy (non-hydrogen) atoms. The summed E-state index contributed by atoms with van der Waals surface area (Å²) in [5, 5.41) is 9.86. The summed E-state index contributed by atoms with van der Waals surface area (Å²) in [5.41, 5.74) is 0.882. The van der Waals surface area contributed by atoms with Gasteiger partial charge in [-0.05, 0) is 53.4 Å². The normalized spacial score (nSPS) is 24.4. The molecule has 0 saturated heterocycles. The van der Waals surface area contributed by atoms with Gasteiger partial charge in [-0.15, -0.1) is 0 Å². The lowest BCUT2D eigenvalue weighted by molar-refractivity contribution is 0.101. The lowest BCUT2D eigenvalue weighted by Crippen LogP contribution is -2.45. The monoisotopic (exact) mass is 347 g/mol. The summed E-state index contributed by atoms with van der Waals surface area (Å²) >= 11 is 3.26. The number of halogens is 1. The Balaban J connectivity index is 2.24. The zero-order valence-electron chi connectivity index (χ0n) is 10.8. The van der Waals surface area contributed by atoms with Crippen molar-refractivity contribution in [1.29, 1.82) is 0 Å². The first kappa shape index (κ1) is 15.0. The number of aliphatic hydroxyl groups is 1. The van der Waals surface area contributed by atoms with E-state index in [1.807, 2.05) is 13.0 Å². The molecule has 1 fully saturated rings. The number of aryl methyl sites for hydroxylation is 1. The standard InChI is InChI=1S/C13H18BrNO3S/c1-9-6-7-10(14)13(8-9)19(17,18)15-11-4-2-3-5-12(11)16/h6-8,11-12,15-16H,2-5H2,1H3. The molecule has 0 radical (unpaired) electrons. The highest BCUT2D eigenvalue weighted by atomic mass is 79.9. The molecular weight excluding hydrogens is 330 g/mol. The zero-order chi connectivity index (χ0) is 14.0. The molecule has 2 atom stereocenters. The van der Waals surface area contributed by atoms with E-state index < -0.39 is 16.1 Å². The van der Waals surface area contributed by atoms with Crippen molar-refractivity contribution in [3.8, 4) is 0 Å². The van der Waals surface area contributed by atoms with Crippen molar-refractivity contribution in [3.63, 3.8) is 0 Å². The van der Waals surface area contributed by atoms with Crippen LogP contribution in [0.25, 0.3) is 0 Å². The van der Waals surface area contributed by atoms with Gasteiger partial charge < -0.3 is 5.11 Å². The van der Waals surface area contributed by atoms with Gasteiger partial charge in [0.2, 0.25) is 10.0 Å². The second-order valence-electron chi connectivity index (χ2n) is 5.01. The van der Waals surface area contributed by atoms with Crippen LogP contribution in [-0.4, -0.2) is 25.7 Å². The van der Waals surface area contributed by atoms with Crippen molar-refractivity contribution in [3.05, 3.63) is 28.2 Å². The highest BCUT2D eigenvalue weighted by Gasteiger charge is 2.29. The highest BCUT2D eigenvalue weighted by Crippen LogP contribution is 2.25. The number of nitrogens with one attached hydrogen (secondary N) is 1. The van der Waals surface area contributed by atoms with E-state index in [9.17, 15) is 13.5 Å². The van der Waals surface area contributed by atoms with Crippen molar-refractivity contribution < 1.29 is 13.5 Å². The molecule has 0 spiro atoms. The van der Waals surface area contributed by atoms with E-state index in [4.69, 9.17) is 0 Å². The quantitative estimate of drug-likeness (QED) is 0.881. The SMILES string of the molecule is Cc1ccc(Br)c(S(=O)(=O)NC2CCCCC2O)c1. The first-order valence-electron chi connectivity index (χ1n) is 6.37. The molecule has 4 nitrogen and oxygen atoms in total. The molecule has 0 aromatic heterocycles. The Morgan fingerprint density at radius 2 is 2.00 bits per heavy atom. The minimum atomic E-state index is -3.60. The Labute approximate surface area is 122 Å². The third-order valence-electron chi connectivity index (χ3n) is 3.41. The molecule has 0 bridgehead atoms. The summed E-state index contributed by atoms with van der Waals surface area (Å²) in [7, 11) is -3.60. The van der Waals surface area contributed by atoms with Crippen LogP contribution in [0.4, 0.5) is 0 Å². The lowest BCUT2D eigenvalue weighted by Gasteiger charge is -2.28. The minimum Gasteiger partial charge on any atom is -0.391 e. The van der Waals surface area contributed by atoms with Gasteiger partial charge in [-0.25, -0.2) is 13.1 Å². The molecular formula is C13H18BrNO3S. The minimum absolute atomic E-state index is 0.227. The molecule has 1 aromatic rings. The Bertz CT molecular complexity index is 559. The van der Waals surface area contributed by atoms with E-state index in [1.54, 1.807) is 12.1 Å². The van der Waals surface area contributed by atoms with Crippen LogP contribution in [0.1, 0.15) is 31.2 Å². The average molecular weight is 348 g/mol. The van der Waals surface area contributed by atoms with E-state index >= 15 is 0 Å². The van der Waals surface area contributed by atoms with Crippen LogP contribution in [-0.2, 0) is 10.0 Å². The Kier molecular flexibility index (Phi) is 4.66. The largest absolute Gasteiger partial charge is 0.391 e. The lowest BCUT2D eigenvalue weighted by atomic mass is 9.93. The van der Waals surface area contributed by atoms with Gasteiger partial charge >= 0.3 is 0 Å². The van der Waals surface area contributed by atoms with Crippen LogP contribution in [0.5, 0.6) is 0 Å². The molecule has 2 unspecified atom stereocenters. The van der Waals surface area contributed by atoms with Gasteiger partial charge in [0.15, 0.2) is 0 Å². The second-order valence-corrected chi connectivity index (χ2v) is 7.55. The Morgan fingerprint density at radius 3 is 2.68 bits per heavy atom. The van der Waals surface area contributed by atoms with E-state index in [2.05, 4.69) is 20.7 Å². The number of sulfonamides is 1. The van der Waals surface area contributed by atoms with Gasteiger partial charge in [0.05, 0.1) is 11.0 Å².